The smallest absolute Gasteiger partial charge is 0.253 e. The monoisotopic (exact) mass is 348 g/mol. The topological polar surface area (TPSA) is 84.3 Å². The Kier molecular flexibility index (Phi) is 5.53. The summed E-state index contributed by atoms with van der Waals surface area (Å²) in [6, 6.07) is 5.84. The number of nitrogens with one attached hydrogen (secondary N) is 1. The number of aromatic nitrogens is 2. The van der Waals surface area contributed by atoms with Gasteiger partial charge in [-0.05, 0) is 24.3 Å². The van der Waals surface area contributed by atoms with Crippen molar-refractivity contribution in [2.24, 2.45) is 7.05 Å². The molecule has 24 heavy (non-hydrogen) atoms. The van der Waals surface area contributed by atoms with Gasteiger partial charge in [-0.15, -0.1) is 6.58 Å². The van der Waals surface area contributed by atoms with E-state index >= 15 is 0 Å². The van der Waals surface area contributed by atoms with Gasteiger partial charge in [0, 0.05) is 44.5 Å². The highest BCUT2D eigenvalue weighted by Gasteiger charge is 2.16. The molecule has 0 bridgehead atoms. The molecule has 0 radical (unpaired) electrons. The van der Waals surface area contributed by atoms with Crippen LogP contribution in [0.4, 0.5) is 0 Å². The summed E-state index contributed by atoms with van der Waals surface area (Å²) in [5, 5.41) is 4.06. The summed E-state index contributed by atoms with van der Waals surface area (Å²) in [6.07, 6.45) is 5.00. The Morgan fingerprint density at radius 2 is 2.04 bits per heavy atom. The molecule has 0 fully saturated rings. The molecule has 0 unspecified atom stereocenters. The van der Waals surface area contributed by atoms with Crippen LogP contribution < -0.4 is 4.72 Å². The van der Waals surface area contributed by atoms with Crippen molar-refractivity contribution in [3.63, 3.8) is 0 Å². The van der Waals surface area contributed by atoms with E-state index in [9.17, 15) is 13.2 Å². The summed E-state index contributed by atoms with van der Waals surface area (Å²) >= 11 is 0. The maximum Gasteiger partial charge on any atom is 0.253 e. The zero-order valence-electron chi connectivity index (χ0n) is 13.6. The maximum atomic E-state index is 12.4. The zero-order chi connectivity index (χ0) is 17.7. The van der Waals surface area contributed by atoms with Crippen LogP contribution in [0, 0.1) is 0 Å². The molecule has 128 valence electrons. The van der Waals surface area contributed by atoms with Crippen molar-refractivity contribution in [1.29, 1.82) is 0 Å². The van der Waals surface area contributed by atoms with Gasteiger partial charge in [0.25, 0.3) is 5.91 Å². The second-order valence-electron chi connectivity index (χ2n) is 5.35. The first kappa shape index (κ1) is 17.9. The Labute approximate surface area is 141 Å². The highest BCUT2D eigenvalue weighted by Crippen LogP contribution is 2.13. The Morgan fingerprint density at radius 1 is 1.38 bits per heavy atom. The number of hydrogen-bond donors (Lipinski definition) is 1. The van der Waals surface area contributed by atoms with Crippen LogP contribution in [0.3, 0.4) is 0 Å². The third kappa shape index (κ3) is 4.30. The van der Waals surface area contributed by atoms with Crippen LogP contribution in [-0.4, -0.2) is 42.6 Å². The predicted molar refractivity (Wildman–Crippen MR) is 90.8 cm³/mol. The van der Waals surface area contributed by atoms with Gasteiger partial charge in [0.1, 0.15) is 0 Å². The lowest BCUT2D eigenvalue weighted by Crippen LogP contribution is -2.26. The molecular formula is C16H20N4O3S. The molecule has 2 rings (SSSR count). The molecule has 0 saturated carbocycles. The van der Waals surface area contributed by atoms with Crippen LogP contribution in [0.1, 0.15) is 15.9 Å². The number of hydrogen-bond acceptors (Lipinski definition) is 4. The highest BCUT2D eigenvalue weighted by atomic mass is 32.2. The molecule has 0 aliphatic heterocycles. The average molecular weight is 348 g/mol. The van der Waals surface area contributed by atoms with E-state index in [0.717, 1.165) is 5.56 Å². The first-order chi connectivity index (χ1) is 11.3. The largest absolute Gasteiger partial charge is 0.337 e. The van der Waals surface area contributed by atoms with E-state index in [1.165, 1.54) is 30.3 Å². The summed E-state index contributed by atoms with van der Waals surface area (Å²) in [6.45, 7) is 4.04. The van der Waals surface area contributed by atoms with E-state index in [2.05, 4.69) is 16.4 Å². The first-order valence-corrected chi connectivity index (χ1v) is 8.75. The molecule has 1 aromatic carbocycles. The fourth-order valence-corrected chi connectivity index (χ4v) is 3.15. The van der Waals surface area contributed by atoms with Crippen molar-refractivity contribution in [1.82, 2.24) is 19.4 Å². The summed E-state index contributed by atoms with van der Waals surface area (Å²) in [5.74, 6) is -0.193. The quantitative estimate of drug-likeness (QED) is 0.761. The minimum atomic E-state index is -3.59. The van der Waals surface area contributed by atoms with Crippen molar-refractivity contribution in [3.8, 4) is 0 Å². The van der Waals surface area contributed by atoms with Gasteiger partial charge < -0.3 is 4.90 Å². The average Bonchev–Trinajstić information content (AvgIpc) is 2.97. The van der Waals surface area contributed by atoms with E-state index < -0.39 is 10.0 Å². The van der Waals surface area contributed by atoms with E-state index in [4.69, 9.17) is 0 Å². The zero-order valence-corrected chi connectivity index (χ0v) is 14.5. The van der Waals surface area contributed by atoms with Crippen LogP contribution in [0.5, 0.6) is 0 Å². The van der Waals surface area contributed by atoms with Gasteiger partial charge in [-0.1, -0.05) is 6.08 Å². The summed E-state index contributed by atoms with van der Waals surface area (Å²) < 4.78 is 28.0. The second kappa shape index (κ2) is 7.41. The molecule has 0 aliphatic rings. The van der Waals surface area contributed by atoms with E-state index in [-0.39, 0.29) is 17.3 Å². The van der Waals surface area contributed by atoms with Gasteiger partial charge in [-0.2, -0.15) is 5.10 Å². The minimum Gasteiger partial charge on any atom is -0.337 e. The first-order valence-electron chi connectivity index (χ1n) is 7.27. The molecule has 0 atom stereocenters. The SMILES string of the molecule is C=CCNS(=O)(=O)c1ccc(C(=O)N(C)Cc2cnn(C)c2)cc1. The fourth-order valence-electron chi connectivity index (χ4n) is 2.15. The number of sulfonamides is 1. The molecule has 1 heterocycles. The van der Waals surface area contributed by atoms with Gasteiger partial charge in [-0.3, -0.25) is 9.48 Å². The Balaban J connectivity index is 2.09. The Hall–Kier alpha value is -2.45. The van der Waals surface area contributed by atoms with Crippen molar-refractivity contribution in [3.05, 3.63) is 60.4 Å². The van der Waals surface area contributed by atoms with E-state index in [1.807, 2.05) is 13.2 Å². The van der Waals surface area contributed by atoms with Crippen LogP contribution in [0.2, 0.25) is 0 Å². The fraction of sp³-hybridized carbons (Fsp3) is 0.250. The van der Waals surface area contributed by atoms with Crippen LogP contribution in [0.25, 0.3) is 0 Å². The lowest BCUT2D eigenvalue weighted by molar-refractivity contribution is 0.0785. The lowest BCUT2D eigenvalue weighted by atomic mass is 10.2. The van der Waals surface area contributed by atoms with Crippen LogP contribution >= 0.6 is 0 Å². The summed E-state index contributed by atoms with van der Waals surface area (Å²) in [5.41, 5.74) is 1.34. The second-order valence-corrected chi connectivity index (χ2v) is 7.12. The molecule has 7 nitrogen and oxygen atoms in total. The normalized spacial score (nSPS) is 11.2. The van der Waals surface area contributed by atoms with Gasteiger partial charge in [-0.25, -0.2) is 13.1 Å². The lowest BCUT2D eigenvalue weighted by Gasteiger charge is -2.16. The van der Waals surface area contributed by atoms with Crippen LogP contribution in [-0.2, 0) is 23.6 Å². The number of aryl methyl sites for hydroxylation is 1. The molecule has 0 saturated heterocycles. The highest BCUT2D eigenvalue weighted by molar-refractivity contribution is 7.89. The molecule has 2 aromatic rings. The molecule has 1 aromatic heterocycles. The number of carbonyl (C=O) groups is 1. The predicted octanol–water partition coefficient (Wildman–Crippen LogP) is 1.16. The number of rotatable bonds is 7. The van der Waals surface area contributed by atoms with Crippen molar-refractivity contribution >= 4 is 15.9 Å². The van der Waals surface area contributed by atoms with Crippen molar-refractivity contribution in [2.75, 3.05) is 13.6 Å². The maximum absolute atomic E-state index is 12.4. The van der Waals surface area contributed by atoms with Gasteiger partial charge in [0.2, 0.25) is 10.0 Å². The van der Waals surface area contributed by atoms with E-state index in [1.54, 1.807) is 22.8 Å². The number of carbonyl (C=O) groups excluding carboxylic acids is 1. The van der Waals surface area contributed by atoms with Crippen molar-refractivity contribution < 1.29 is 13.2 Å². The standard InChI is InChI=1S/C16H20N4O3S/c1-4-9-18-24(22,23)15-7-5-14(6-8-15)16(21)19(2)11-13-10-17-20(3)12-13/h4-8,10,12,18H,1,9,11H2,2-3H3. The number of benzene rings is 1. The minimum absolute atomic E-state index is 0.107. The molecule has 0 spiro atoms. The Bertz CT molecular complexity index is 825. The van der Waals surface area contributed by atoms with E-state index in [0.29, 0.717) is 12.1 Å². The van der Waals surface area contributed by atoms with Crippen molar-refractivity contribution in [2.45, 2.75) is 11.4 Å². The number of nitrogens with zero attached hydrogens (tertiary/aromatic N) is 3. The molecule has 1 N–H and O–H groups in total. The molecule has 8 heteroatoms. The molecular weight excluding hydrogens is 328 g/mol. The van der Waals surface area contributed by atoms with Gasteiger partial charge >= 0.3 is 0 Å². The third-order valence-electron chi connectivity index (χ3n) is 3.35. The third-order valence-corrected chi connectivity index (χ3v) is 4.79. The Morgan fingerprint density at radius 3 is 2.58 bits per heavy atom. The summed E-state index contributed by atoms with van der Waals surface area (Å²) in [7, 11) is -0.0916. The van der Waals surface area contributed by atoms with Gasteiger partial charge in [0.15, 0.2) is 0 Å². The summed E-state index contributed by atoms with van der Waals surface area (Å²) in [4.78, 5) is 14.1. The van der Waals surface area contributed by atoms with Crippen LogP contribution in [0.15, 0.2) is 54.2 Å². The van der Waals surface area contributed by atoms with Gasteiger partial charge in [0.05, 0.1) is 11.1 Å². The number of amides is 1. The molecule has 0 aliphatic carbocycles. The molecule has 1 amide bonds.